The third-order valence-corrected chi connectivity index (χ3v) is 3.56. The van der Waals surface area contributed by atoms with E-state index in [1.807, 2.05) is 6.07 Å². The standard InChI is InChI=1S/C14H19N3O2/c1-17(2)14(13-8-15-5-6-18-13)10-3-4-11-12(7-10)19-9-16-11/h3-4,7,9,13-15H,5-6,8H2,1-2H3. The summed E-state index contributed by atoms with van der Waals surface area (Å²) >= 11 is 0. The van der Waals surface area contributed by atoms with Crippen molar-refractivity contribution in [2.75, 3.05) is 33.8 Å². The molecular weight excluding hydrogens is 242 g/mol. The summed E-state index contributed by atoms with van der Waals surface area (Å²) in [6, 6.07) is 6.38. The summed E-state index contributed by atoms with van der Waals surface area (Å²) in [5, 5.41) is 3.38. The van der Waals surface area contributed by atoms with Crippen molar-refractivity contribution in [3.8, 4) is 0 Å². The molecule has 1 aromatic heterocycles. The van der Waals surface area contributed by atoms with Gasteiger partial charge < -0.3 is 19.4 Å². The second-order valence-corrected chi connectivity index (χ2v) is 5.10. The first-order valence-corrected chi connectivity index (χ1v) is 6.57. The van der Waals surface area contributed by atoms with Crippen LogP contribution in [0.5, 0.6) is 0 Å². The van der Waals surface area contributed by atoms with Crippen LogP contribution < -0.4 is 5.32 Å². The number of hydrogen-bond donors (Lipinski definition) is 1. The van der Waals surface area contributed by atoms with Gasteiger partial charge in [0.1, 0.15) is 5.52 Å². The highest BCUT2D eigenvalue weighted by Gasteiger charge is 2.28. The molecule has 1 aromatic carbocycles. The molecule has 0 saturated carbocycles. The van der Waals surface area contributed by atoms with Crippen molar-refractivity contribution < 1.29 is 9.15 Å². The first-order valence-electron chi connectivity index (χ1n) is 6.57. The molecule has 0 aliphatic carbocycles. The second kappa shape index (κ2) is 5.28. The lowest BCUT2D eigenvalue weighted by Gasteiger charge is -2.35. The number of fused-ring (bicyclic) bond motifs is 1. The van der Waals surface area contributed by atoms with Crippen LogP contribution >= 0.6 is 0 Å². The summed E-state index contributed by atoms with van der Waals surface area (Å²) in [4.78, 5) is 6.34. The van der Waals surface area contributed by atoms with Crippen molar-refractivity contribution in [3.05, 3.63) is 30.2 Å². The van der Waals surface area contributed by atoms with Gasteiger partial charge in [-0.3, -0.25) is 0 Å². The highest BCUT2D eigenvalue weighted by atomic mass is 16.5. The molecular formula is C14H19N3O2. The van der Waals surface area contributed by atoms with Crippen LogP contribution in [0.1, 0.15) is 11.6 Å². The average Bonchev–Trinajstić information content (AvgIpc) is 2.87. The number of oxazole rings is 1. The lowest BCUT2D eigenvalue weighted by atomic mass is 9.99. The number of ether oxygens (including phenoxy) is 1. The Hall–Kier alpha value is -1.43. The fourth-order valence-electron chi connectivity index (χ4n) is 2.69. The SMILES string of the molecule is CN(C)C(c1ccc2ncoc2c1)C1CNCCO1. The van der Waals surface area contributed by atoms with E-state index >= 15 is 0 Å². The van der Waals surface area contributed by atoms with Crippen molar-refractivity contribution in [1.29, 1.82) is 0 Å². The molecule has 0 radical (unpaired) electrons. The molecule has 2 aromatic rings. The molecule has 2 unspecified atom stereocenters. The summed E-state index contributed by atoms with van der Waals surface area (Å²) in [7, 11) is 4.15. The van der Waals surface area contributed by atoms with Crippen LogP contribution in [-0.2, 0) is 4.74 Å². The van der Waals surface area contributed by atoms with Crippen LogP contribution in [0, 0.1) is 0 Å². The molecule has 102 valence electrons. The first kappa shape index (κ1) is 12.6. The quantitative estimate of drug-likeness (QED) is 0.905. The fraction of sp³-hybridized carbons (Fsp3) is 0.500. The third-order valence-electron chi connectivity index (χ3n) is 3.56. The van der Waals surface area contributed by atoms with E-state index in [4.69, 9.17) is 9.15 Å². The highest BCUT2D eigenvalue weighted by molar-refractivity contribution is 5.72. The number of nitrogens with one attached hydrogen (secondary N) is 1. The monoisotopic (exact) mass is 261 g/mol. The molecule has 3 rings (SSSR count). The molecule has 19 heavy (non-hydrogen) atoms. The van der Waals surface area contributed by atoms with E-state index in [1.54, 1.807) is 0 Å². The van der Waals surface area contributed by atoms with Crippen molar-refractivity contribution in [1.82, 2.24) is 15.2 Å². The number of hydrogen-bond acceptors (Lipinski definition) is 5. The molecule has 5 nitrogen and oxygen atoms in total. The Morgan fingerprint density at radius 2 is 2.32 bits per heavy atom. The van der Waals surface area contributed by atoms with E-state index in [9.17, 15) is 0 Å². The fourth-order valence-corrected chi connectivity index (χ4v) is 2.69. The third kappa shape index (κ3) is 2.49. The molecule has 1 aliphatic rings. The van der Waals surface area contributed by atoms with Gasteiger partial charge >= 0.3 is 0 Å². The number of nitrogens with zero attached hydrogens (tertiary/aromatic N) is 2. The topological polar surface area (TPSA) is 50.5 Å². The van der Waals surface area contributed by atoms with Crippen LogP contribution in [0.15, 0.2) is 29.0 Å². The van der Waals surface area contributed by atoms with E-state index in [0.717, 1.165) is 30.8 Å². The number of likely N-dealkylation sites (N-methyl/N-ethyl adjacent to an activating group) is 1. The summed E-state index contributed by atoms with van der Waals surface area (Å²) in [5.41, 5.74) is 2.92. The normalized spacial score (nSPS) is 21.9. The van der Waals surface area contributed by atoms with E-state index in [-0.39, 0.29) is 12.1 Å². The molecule has 2 atom stereocenters. The molecule has 1 fully saturated rings. The van der Waals surface area contributed by atoms with Gasteiger partial charge in [-0.15, -0.1) is 0 Å². The van der Waals surface area contributed by atoms with Gasteiger partial charge in [0.05, 0.1) is 18.8 Å². The molecule has 1 N–H and O–H groups in total. The molecule has 5 heteroatoms. The summed E-state index contributed by atoms with van der Waals surface area (Å²) in [6.45, 7) is 2.56. The van der Waals surface area contributed by atoms with E-state index in [0.29, 0.717) is 0 Å². The lowest BCUT2D eigenvalue weighted by molar-refractivity contribution is -0.0211. The molecule has 0 spiro atoms. The largest absolute Gasteiger partial charge is 0.443 e. The van der Waals surface area contributed by atoms with Gasteiger partial charge in [-0.1, -0.05) is 6.07 Å². The van der Waals surface area contributed by atoms with E-state index < -0.39 is 0 Å². The van der Waals surface area contributed by atoms with E-state index in [2.05, 4.69) is 41.4 Å². The van der Waals surface area contributed by atoms with Crippen LogP contribution in [0.25, 0.3) is 11.1 Å². The molecule has 0 bridgehead atoms. The van der Waals surface area contributed by atoms with Crippen molar-refractivity contribution >= 4 is 11.1 Å². The number of morpholine rings is 1. The summed E-state index contributed by atoms with van der Waals surface area (Å²) < 4.78 is 11.3. The van der Waals surface area contributed by atoms with Crippen LogP contribution in [-0.4, -0.2) is 49.8 Å². The van der Waals surface area contributed by atoms with Crippen molar-refractivity contribution in [3.63, 3.8) is 0 Å². The smallest absolute Gasteiger partial charge is 0.181 e. The minimum Gasteiger partial charge on any atom is -0.443 e. The minimum atomic E-state index is 0.157. The number of aromatic nitrogens is 1. The maximum Gasteiger partial charge on any atom is 0.181 e. The molecule has 1 saturated heterocycles. The lowest BCUT2D eigenvalue weighted by Crippen LogP contribution is -2.45. The van der Waals surface area contributed by atoms with Crippen LogP contribution in [0.4, 0.5) is 0 Å². The van der Waals surface area contributed by atoms with Crippen molar-refractivity contribution in [2.24, 2.45) is 0 Å². The van der Waals surface area contributed by atoms with Gasteiger partial charge in [-0.25, -0.2) is 4.98 Å². The zero-order valence-corrected chi connectivity index (χ0v) is 11.3. The zero-order valence-electron chi connectivity index (χ0n) is 11.3. The van der Waals surface area contributed by atoms with E-state index in [1.165, 1.54) is 12.0 Å². The predicted molar refractivity (Wildman–Crippen MR) is 73.0 cm³/mol. The number of rotatable bonds is 3. The first-order chi connectivity index (χ1) is 9.25. The van der Waals surface area contributed by atoms with Gasteiger partial charge in [0.25, 0.3) is 0 Å². The summed E-state index contributed by atoms with van der Waals surface area (Å²) in [5.74, 6) is 0. The maximum atomic E-state index is 5.90. The Labute approximate surface area is 112 Å². The van der Waals surface area contributed by atoms with Gasteiger partial charge in [0.2, 0.25) is 0 Å². The van der Waals surface area contributed by atoms with Gasteiger partial charge in [0.15, 0.2) is 12.0 Å². The Balaban J connectivity index is 1.93. The average molecular weight is 261 g/mol. The molecule has 2 heterocycles. The van der Waals surface area contributed by atoms with Gasteiger partial charge in [-0.05, 0) is 31.8 Å². The zero-order chi connectivity index (χ0) is 13.2. The molecule has 0 amide bonds. The second-order valence-electron chi connectivity index (χ2n) is 5.10. The van der Waals surface area contributed by atoms with Gasteiger partial charge in [0, 0.05) is 13.1 Å². The molecule has 1 aliphatic heterocycles. The Bertz CT molecular complexity index is 546. The maximum absolute atomic E-state index is 5.90. The minimum absolute atomic E-state index is 0.157. The predicted octanol–water partition coefficient (Wildman–Crippen LogP) is 1.42. The van der Waals surface area contributed by atoms with Crippen molar-refractivity contribution in [2.45, 2.75) is 12.1 Å². The highest BCUT2D eigenvalue weighted by Crippen LogP contribution is 2.27. The van der Waals surface area contributed by atoms with Crippen LogP contribution in [0.3, 0.4) is 0 Å². The Kier molecular flexibility index (Phi) is 3.50. The summed E-state index contributed by atoms with van der Waals surface area (Å²) in [6.07, 6.45) is 1.64. The van der Waals surface area contributed by atoms with Crippen LogP contribution in [0.2, 0.25) is 0 Å². The Morgan fingerprint density at radius 3 is 3.05 bits per heavy atom. The Morgan fingerprint density at radius 1 is 1.42 bits per heavy atom. The van der Waals surface area contributed by atoms with Gasteiger partial charge in [-0.2, -0.15) is 0 Å². The number of benzene rings is 1.